The molecule has 0 heterocycles. The summed E-state index contributed by atoms with van der Waals surface area (Å²) in [5, 5.41) is 8.49. The Morgan fingerprint density at radius 2 is 2.06 bits per heavy atom. The number of aliphatic hydroxyl groups excluding tert-OH is 1. The van der Waals surface area contributed by atoms with Gasteiger partial charge in [0.2, 0.25) is 0 Å². The van der Waals surface area contributed by atoms with Crippen LogP contribution in [0.2, 0.25) is 0 Å². The molecule has 0 amide bonds. The van der Waals surface area contributed by atoms with Crippen molar-refractivity contribution in [2.45, 2.75) is 12.7 Å². The van der Waals surface area contributed by atoms with Crippen LogP contribution in [0.5, 0.6) is 0 Å². The Balaban J connectivity index is 2.49. The van der Waals surface area contributed by atoms with Crippen LogP contribution in [0.25, 0.3) is 0 Å². The number of hydrogen-bond acceptors (Lipinski definition) is 4. The Kier molecular flexibility index (Phi) is 5.61. The maximum Gasteiger partial charge on any atom is 0.156 e. The molecule has 1 rings (SSSR count). The lowest BCUT2D eigenvalue weighted by atomic mass is 10.2. The van der Waals surface area contributed by atoms with Gasteiger partial charge in [-0.1, -0.05) is 29.8 Å². The first-order chi connectivity index (χ1) is 8.03. The Hall–Kier alpha value is -0.910. The van der Waals surface area contributed by atoms with Gasteiger partial charge in [-0.15, -0.1) is 0 Å². The summed E-state index contributed by atoms with van der Waals surface area (Å²) in [7, 11) is -3.14. The molecule has 4 nitrogen and oxygen atoms in total. The second-order valence-electron chi connectivity index (χ2n) is 3.92. The van der Waals surface area contributed by atoms with E-state index in [1.807, 2.05) is 25.1 Å². The standard InChI is InChI=1S/C12H18O4S/c1-11-3-2-4-12(9-11)10-17(14,15)8-7-16-6-5-13/h2-4,9,13H,5-8,10H2,1H3. The van der Waals surface area contributed by atoms with E-state index in [0.717, 1.165) is 11.1 Å². The lowest BCUT2D eigenvalue weighted by Gasteiger charge is -2.05. The van der Waals surface area contributed by atoms with E-state index in [1.165, 1.54) is 0 Å². The molecular formula is C12H18O4S. The Labute approximate surface area is 102 Å². The highest BCUT2D eigenvalue weighted by Gasteiger charge is 2.11. The van der Waals surface area contributed by atoms with Crippen LogP contribution in [0.3, 0.4) is 0 Å². The molecule has 1 aromatic carbocycles. The van der Waals surface area contributed by atoms with Gasteiger partial charge in [0, 0.05) is 0 Å². The van der Waals surface area contributed by atoms with E-state index in [-0.39, 0.29) is 31.3 Å². The average Bonchev–Trinajstić information content (AvgIpc) is 2.24. The van der Waals surface area contributed by atoms with Crippen LogP contribution in [-0.4, -0.2) is 39.1 Å². The zero-order chi connectivity index (χ0) is 12.7. The van der Waals surface area contributed by atoms with E-state index >= 15 is 0 Å². The molecule has 0 radical (unpaired) electrons. The molecule has 17 heavy (non-hydrogen) atoms. The first kappa shape index (κ1) is 14.2. The molecule has 1 N–H and O–H groups in total. The van der Waals surface area contributed by atoms with Gasteiger partial charge in [-0.05, 0) is 12.5 Å². The minimum absolute atomic E-state index is 0.0130. The SMILES string of the molecule is Cc1cccc(CS(=O)(=O)CCOCCO)c1. The van der Waals surface area contributed by atoms with E-state index in [9.17, 15) is 8.42 Å². The van der Waals surface area contributed by atoms with Gasteiger partial charge in [-0.25, -0.2) is 8.42 Å². The molecule has 0 fully saturated rings. The van der Waals surface area contributed by atoms with E-state index < -0.39 is 9.84 Å². The summed E-state index contributed by atoms with van der Waals surface area (Å²) in [6.07, 6.45) is 0. The molecule has 0 saturated carbocycles. The quantitative estimate of drug-likeness (QED) is 0.739. The smallest absolute Gasteiger partial charge is 0.156 e. The Morgan fingerprint density at radius 1 is 1.29 bits per heavy atom. The summed E-state index contributed by atoms with van der Waals surface area (Å²) in [5.41, 5.74) is 1.85. The van der Waals surface area contributed by atoms with Gasteiger partial charge in [-0.3, -0.25) is 0 Å². The zero-order valence-electron chi connectivity index (χ0n) is 9.93. The highest BCUT2D eigenvalue weighted by Crippen LogP contribution is 2.09. The van der Waals surface area contributed by atoms with Crippen LogP contribution < -0.4 is 0 Å². The lowest BCUT2D eigenvalue weighted by molar-refractivity contribution is 0.103. The monoisotopic (exact) mass is 258 g/mol. The fourth-order valence-electron chi connectivity index (χ4n) is 1.48. The van der Waals surface area contributed by atoms with E-state index in [4.69, 9.17) is 9.84 Å². The van der Waals surface area contributed by atoms with Gasteiger partial charge < -0.3 is 9.84 Å². The van der Waals surface area contributed by atoms with Crippen molar-refractivity contribution in [1.29, 1.82) is 0 Å². The van der Waals surface area contributed by atoms with Gasteiger partial charge in [-0.2, -0.15) is 0 Å². The normalized spacial score (nSPS) is 11.6. The lowest BCUT2D eigenvalue weighted by Crippen LogP contribution is -2.15. The molecule has 0 bridgehead atoms. The van der Waals surface area contributed by atoms with Crippen molar-refractivity contribution >= 4 is 9.84 Å². The van der Waals surface area contributed by atoms with Crippen molar-refractivity contribution < 1.29 is 18.3 Å². The van der Waals surface area contributed by atoms with Crippen LogP contribution in [0.4, 0.5) is 0 Å². The van der Waals surface area contributed by atoms with Crippen molar-refractivity contribution in [3.05, 3.63) is 35.4 Å². The fourth-order valence-corrected chi connectivity index (χ4v) is 2.68. The maximum absolute atomic E-state index is 11.7. The predicted molar refractivity (Wildman–Crippen MR) is 66.6 cm³/mol. The predicted octanol–water partition coefficient (Wildman–Crippen LogP) is 0.919. The average molecular weight is 258 g/mol. The molecule has 0 saturated heterocycles. The van der Waals surface area contributed by atoms with Crippen LogP contribution >= 0.6 is 0 Å². The van der Waals surface area contributed by atoms with Gasteiger partial charge in [0.15, 0.2) is 9.84 Å². The van der Waals surface area contributed by atoms with Crippen molar-refractivity contribution in [3.8, 4) is 0 Å². The molecule has 0 aliphatic heterocycles. The number of sulfone groups is 1. The highest BCUT2D eigenvalue weighted by atomic mass is 32.2. The van der Waals surface area contributed by atoms with E-state index in [0.29, 0.717) is 0 Å². The van der Waals surface area contributed by atoms with Crippen molar-refractivity contribution in [2.75, 3.05) is 25.6 Å². The van der Waals surface area contributed by atoms with Gasteiger partial charge in [0.25, 0.3) is 0 Å². The number of aryl methyl sites for hydroxylation is 1. The first-order valence-electron chi connectivity index (χ1n) is 5.48. The zero-order valence-corrected chi connectivity index (χ0v) is 10.7. The summed E-state index contributed by atoms with van der Waals surface area (Å²) in [6.45, 7) is 2.16. The van der Waals surface area contributed by atoms with E-state index in [2.05, 4.69) is 0 Å². The van der Waals surface area contributed by atoms with Crippen molar-refractivity contribution in [2.24, 2.45) is 0 Å². The number of aliphatic hydroxyl groups is 1. The molecule has 0 atom stereocenters. The molecule has 0 aliphatic rings. The van der Waals surface area contributed by atoms with Crippen LogP contribution in [0.1, 0.15) is 11.1 Å². The van der Waals surface area contributed by atoms with E-state index in [1.54, 1.807) is 6.07 Å². The molecule has 0 unspecified atom stereocenters. The summed E-state index contributed by atoms with van der Waals surface area (Å²) >= 11 is 0. The van der Waals surface area contributed by atoms with Crippen LogP contribution in [0, 0.1) is 6.92 Å². The number of rotatable bonds is 7. The van der Waals surface area contributed by atoms with Crippen molar-refractivity contribution in [1.82, 2.24) is 0 Å². The molecule has 0 spiro atoms. The van der Waals surface area contributed by atoms with Crippen LogP contribution in [0.15, 0.2) is 24.3 Å². The molecule has 1 aromatic rings. The highest BCUT2D eigenvalue weighted by molar-refractivity contribution is 7.90. The Morgan fingerprint density at radius 3 is 2.71 bits per heavy atom. The minimum atomic E-state index is -3.14. The topological polar surface area (TPSA) is 63.6 Å². The van der Waals surface area contributed by atoms with Gasteiger partial charge >= 0.3 is 0 Å². The van der Waals surface area contributed by atoms with Crippen LogP contribution in [-0.2, 0) is 20.3 Å². The summed E-state index contributed by atoms with van der Waals surface area (Å²) in [4.78, 5) is 0. The Bertz CT molecular complexity index is 440. The second kappa shape index (κ2) is 6.74. The molecule has 5 heteroatoms. The maximum atomic E-state index is 11.7. The number of benzene rings is 1. The molecule has 0 aromatic heterocycles. The summed E-state index contributed by atoms with van der Waals surface area (Å²) < 4.78 is 28.4. The van der Waals surface area contributed by atoms with Gasteiger partial charge in [0.1, 0.15) is 0 Å². The van der Waals surface area contributed by atoms with Crippen molar-refractivity contribution in [3.63, 3.8) is 0 Å². The third-order valence-electron chi connectivity index (χ3n) is 2.24. The summed E-state index contributed by atoms with van der Waals surface area (Å²) in [6, 6.07) is 7.45. The third-order valence-corrected chi connectivity index (χ3v) is 3.81. The summed E-state index contributed by atoms with van der Waals surface area (Å²) in [5.74, 6) is 0.0259. The van der Waals surface area contributed by atoms with Gasteiger partial charge in [0.05, 0.1) is 31.3 Å². The minimum Gasteiger partial charge on any atom is -0.394 e. The first-order valence-corrected chi connectivity index (χ1v) is 7.30. The molecular weight excluding hydrogens is 240 g/mol. The fraction of sp³-hybridized carbons (Fsp3) is 0.500. The number of hydrogen-bond donors (Lipinski definition) is 1. The second-order valence-corrected chi connectivity index (χ2v) is 6.10. The molecule has 0 aliphatic carbocycles. The third kappa shape index (κ3) is 5.81. The largest absolute Gasteiger partial charge is 0.394 e. The number of ether oxygens (including phenoxy) is 1. The molecule has 96 valence electrons.